The first-order valence-electron chi connectivity index (χ1n) is 17.2. The molecule has 4 aromatic heterocycles. The number of fused-ring (bicyclic) bond motifs is 10. The number of furan rings is 1. The second-order valence-corrected chi connectivity index (χ2v) is 13.0. The minimum absolute atomic E-state index is 0.673. The van der Waals surface area contributed by atoms with E-state index in [0.29, 0.717) is 11.4 Å². The van der Waals surface area contributed by atoms with E-state index in [9.17, 15) is 0 Å². The molecule has 0 saturated carbocycles. The van der Waals surface area contributed by atoms with Gasteiger partial charge >= 0.3 is 0 Å². The highest BCUT2D eigenvalue weighted by Crippen LogP contribution is 2.42. The van der Waals surface area contributed by atoms with Crippen molar-refractivity contribution in [3.05, 3.63) is 170 Å². The van der Waals surface area contributed by atoms with Crippen LogP contribution in [0.15, 0.2) is 174 Å². The Kier molecular flexibility index (Phi) is 5.89. The molecule has 4 heterocycles. The Balaban J connectivity index is 1.18. The Bertz CT molecular complexity index is 3120. The summed E-state index contributed by atoms with van der Waals surface area (Å²) in [4.78, 5) is 10.1. The Morgan fingerprint density at radius 2 is 0.922 bits per heavy atom. The molecule has 0 aliphatic heterocycles. The summed E-state index contributed by atoms with van der Waals surface area (Å²) < 4.78 is 11.3. The Morgan fingerprint density at radius 1 is 0.392 bits per heavy atom. The van der Waals surface area contributed by atoms with Crippen LogP contribution in [0.25, 0.3) is 99.7 Å². The van der Waals surface area contributed by atoms with Gasteiger partial charge in [0.25, 0.3) is 0 Å². The van der Waals surface area contributed by atoms with Gasteiger partial charge in [-0.3, -0.25) is 0 Å². The van der Waals surface area contributed by atoms with Gasteiger partial charge < -0.3 is 13.6 Å². The van der Waals surface area contributed by atoms with Crippen molar-refractivity contribution in [1.29, 1.82) is 0 Å². The normalized spacial score (nSPS) is 11.9. The van der Waals surface area contributed by atoms with Crippen molar-refractivity contribution in [2.45, 2.75) is 0 Å². The van der Waals surface area contributed by atoms with Crippen LogP contribution in [0, 0.1) is 0 Å². The maximum absolute atomic E-state index is 6.45. The second-order valence-electron chi connectivity index (χ2n) is 13.0. The molecule has 238 valence electrons. The highest BCUT2D eigenvalue weighted by Gasteiger charge is 2.22. The van der Waals surface area contributed by atoms with E-state index < -0.39 is 0 Å². The molecule has 0 N–H and O–H groups in total. The lowest BCUT2D eigenvalue weighted by molar-refractivity contribution is 0.667. The van der Waals surface area contributed by atoms with Gasteiger partial charge in [-0.25, -0.2) is 9.97 Å². The summed E-state index contributed by atoms with van der Waals surface area (Å²) in [5.41, 5.74) is 11.9. The number of para-hydroxylation sites is 4. The van der Waals surface area contributed by atoms with Crippen LogP contribution < -0.4 is 0 Å². The molecule has 0 fully saturated rings. The van der Waals surface area contributed by atoms with E-state index in [4.69, 9.17) is 14.4 Å². The van der Waals surface area contributed by atoms with Crippen LogP contribution in [0.1, 0.15) is 0 Å². The summed E-state index contributed by atoms with van der Waals surface area (Å²) >= 11 is 0. The van der Waals surface area contributed by atoms with Crippen LogP contribution in [0.3, 0.4) is 0 Å². The number of aromatic nitrogens is 4. The van der Waals surface area contributed by atoms with E-state index >= 15 is 0 Å². The first-order chi connectivity index (χ1) is 25.3. The Morgan fingerprint density at radius 3 is 1.57 bits per heavy atom. The molecule has 51 heavy (non-hydrogen) atoms. The van der Waals surface area contributed by atoms with Gasteiger partial charge in [0.1, 0.15) is 16.8 Å². The highest BCUT2D eigenvalue weighted by molar-refractivity contribution is 6.23. The minimum atomic E-state index is 0.673. The fraction of sp³-hybridized carbons (Fsp3) is 0. The lowest BCUT2D eigenvalue weighted by atomic mass is 10.1. The zero-order chi connectivity index (χ0) is 33.5. The smallest absolute Gasteiger partial charge is 0.180 e. The maximum atomic E-state index is 6.45. The van der Waals surface area contributed by atoms with E-state index in [2.05, 4.69) is 130 Å². The molecular formula is C46H28N4O. The molecule has 0 saturated heterocycles. The molecule has 0 atom stereocenters. The third kappa shape index (κ3) is 4.09. The van der Waals surface area contributed by atoms with Gasteiger partial charge in [0.15, 0.2) is 11.4 Å². The van der Waals surface area contributed by atoms with E-state index in [1.807, 2.05) is 48.5 Å². The third-order valence-electron chi connectivity index (χ3n) is 10.1. The van der Waals surface area contributed by atoms with Gasteiger partial charge in [-0.15, -0.1) is 0 Å². The summed E-state index contributed by atoms with van der Waals surface area (Å²) in [5, 5.41) is 5.88. The van der Waals surface area contributed by atoms with Gasteiger partial charge in [0, 0.05) is 49.4 Å². The molecule has 0 spiro atoms. The maximum Gasteiger partial charge on any atom is 0.180 e. The molecule has 0 unspecified atom stereocenters. The predicted molar refractivity (Wildman–Crippen MR) is 209 cm³/mol. The van der Waals surface area contributed by atoms with E-state index in [-0.39, 0.29) is 0 Å². The molecule has 7 aromatic carbocycles. The van der Waals surface area contributed by atoms with Crippen molar-refractivity contribution in [2.24, 2.45) is 0 Å². The monoisotopic (exact) mass is 652 g/mol. The van der Waals surface area contributed by atoms with Gasteiger partial charge in [0.05, 0.1) is 22.1 Å². The molecule has 0 aliphatic carbocycles. The standard InChI is InChI=1S/C46H28N4O/c1-3-13-30(14-4-1)46-47-41(45-42(48-46)37-19-9-12-22-40(37)51-45)29-23-25-32(26-24-29)50-39-21-11-8-18-34(39)36-28-27-35-33-17-7-10-20-38(33)49(43(35)44(36)50)31-15-5-2-6-16-31/h1-28H. The molecule has 0 radical (unpaired) electrons. The van der Waals surface area contributed by atoms with Crippen LogP contribution in [-0.4, -0.2) is 19.1 Å². The van der Waals surface area contributed by atoms with Crippen molar-refractivity contribution >= 4 is 65.7 Å². The summed E-state index contributed by atoms with van der Waals surface area (Å²) in [6, 6.07) is 59.6. The van der Waals surface area contributed by atoms with E-state index in [1.54, 1.807) is 0 Å². The van der Waals surface area contributed by atoms with Crippen molar-refractivity contribution in [1.82, 2.24) is 19.1 Å². The van der Waals surface area contributed by atoms with E-state index in [1.165, 1.54) is 38.1 Å². The Hall–Kier alpha value is -6.98. The summed E-state index contributed by atoms with van der Waals surface area (Å²) in [7, 11) is 0. The highest BCUT2D eigenvalue weighted by atomic mass is 16.3. The van der Waals surface area contributed by atoms with Crippen LogP contribution in [-0.2, 0) is 0 Å². The average Bonchev–Trinajstić information content (AvgIpc) is 3.86. The van der Waals surface area contributed by atoms with Crippen LogP contribution in [0.5, 0.6) is 0 Å². The molecular weight excluding hydrogens is 625 g/mol. The summed E-state index contributed by atoms with van der Waals surface area (Å²) in [6.07, 6.45) is 0. The van der Waals surface area contributed by atoms with Gasteiger partial charge in [-0.05, 0) is 48.5 Å². The van der Waals surface area contributed by atoms with Crippen LogP contribution in [0.2, 0.25) is 0 Å². The Labute approximate surface area is 292 Å². The number of hydrogen-bond acceptors (Lipinski definition) is 3. The van der Waals surface area contributed by atoms with Gasteiger partial charge in [-0.1, -0.05) is 121 Å². The van der Waals surface area contributed by atoms with Crippen molar-refractivity contribution < 1.29 is 4.42 Å². The predicted octanol–water partition coefficient (Wildman–Crippen LogP) is 11.9. The average molecular weight is 653 g/mol. The molecule has 0 amide bonds. The largest absolute Gasteiger partial charge is 0.452 e. The SMILES string of the molecule is c1ccc(-c2nc(-c3ccc(-n4c5ccccc5c5ccc6c7ccccc7n(-c7ccccc7)c6c54)cc3)c3oc4ccccc4c3n2)cc1. The number of benzene rings is 7. The fourth-order valence-electron chi connectivity index (χ4n) is 7.89. The first-order valence-corrected chi connectivity index (χ1v) is 17.2. The fourth-order valence-corrected chi connectivity index (χ4v) is 7.89. The number of nitrogens with zero attached hydrogens (tertiary/aromatic N) is 4. The summed E-state index contributed by atoms with van der Waals surface area (Å²) in [5.74, 6) is 0.673. The lowest BCUT2D eigenvalue weighted by Crippen LogP contribution is -1.99. The zero-order valence-electron chi connectivity index (χ0n) is 27.4. The van der Waals surface area contributed by atoms with Gasteiger partial charge in [0.2, 0.25) is 0 Å². The lowest BCUT2D eigenvalue weighted by Gasteiger charge is -2.13. The van der Waals surface area contributed by atoms with Gasteiger partial charge in [-0.2, -0.15) is 0 Å². The van der Waals surface area contributed by atoms with Crippen molar-refractivity contribution in [2.75, 3.05) is 0 Å². The van der Waals surface area contributed by atoms with E-state index in [0.717, 1.165) is 50.2 Å². The minimum Gasteiger partial charge on any atom is -0.452 e. The van der Waals surface area contributed by atoms with Crippen LogP contribution in [0.4, 0.5) is 0 Å². The van der Waals surface area contributed by atoms with Crippen LogP contribution >= 0.6 is 0 Å². The molecule has 0 aliphatic rings. The zero-order valence-corrected chi connectivity index (χ0v) is 27.4. The molecule has 0 bridgehead atoms. The third-order valence-corrected chi connectivity index (χ3v) is 10.1. The first kappa shape index (κ1) is 27.9. The molecule has 11 aromatic rings. The topological polar surface area (TPSA) is 48.8 Å². The molecule has 5 heteroatoms. The summed E-state index contributed by atoms with van der Waals surface area (Å²) in [6.45, 7) is 0. The second kappa shape index (κ2) is 10.8. The number of rotatable bonds is 4. The van der Waals surface area contributed by atoms with Crippen molar-refractivity contribution in [3.63, 3.8) is 0 Å². The number of hydrogen-bond donors (Lipinski definition) is 0. The molecule has 11 rings (SSSR count). The molecule has 5 nitrogen and oxygen atoms in total. The van der Waals surface area contributed by atoms with Crippen molar-refractivity contribution in [3.8, 4) is 34.0 Å². The quantitative estimate of drug-likeness (QED) is 0.190.